The molecule has 8 N–H and O–H groups in total. The van der Waals surface area contributed by atoms with Crippen LogP contribution in [0.4, 0.5) is 11.4 Å². The first-order chi connectivity index (χ1) is 15.7. The molecule has 2 saturated heterocycles. The van der Waals surface area contributed by atoms with Crippen LogP contribution in [-0.4, -0.2) is 73.2 Å². The fourth-order valence-corrected chi connectivity index (χ4v) is 6.43. The van der Waals surface area contributed by atoms with Gasteiger partial charge >= 0.3 is 0 Å². The largest absolute Gasteiger partial charge is 0.504 e. The maximum atomic E-state index is 10.9. The fourth-order valence-electron chi connectivity index (χ4n) is 5.08. The molecule has 3 heterocycles. The second kappa shape index (κ2) is 7.88. The van der Waals surface area contributed by atoms with E-state index in [0.717, 1.165) is 18.8 Å². The Kier molecular flexibility index (Phi) is 5.24. The number of phenolic OH excluding ortho intramolecular Hbond substituents is 6. The van der Waals surface area contributed by atoms with Gasteiger partial charge in [-0.3, -0.25) is 0 Å². The summed E-state index contributed by atoms with van der Waals surface area (Å²) in [5, 5.41) is 69.5. The Balaban J connectivity index is 1.68. The van der Waals surface area contributed by atoms with Crippen LogP contribution in [0.15, 0.2) is 12.2 Å². The molecule has 33 heavy (non-hydrogen) atoms. The van der Waals surface area contributed by atoms with E-state index in [1.807, 2.05) is 0 Å². The van der Waals surface area contributed by atoms with E-state index in [-0.39, 0.29) is 33.3 Å². The smallest absolute Gasteiger partial charge is 0.205 e. The molecular formula is C23H31N3O6S. The number of fused-ring (bicyclic) bond motifs is 3. The van der Waals surface area contributed by atoms with Gasteiger partial charge in [-0.15, -0.1) is 0 Å². The number of benzene rings is 2. The van der Waals surface area contributed by atoms with Gasteiger partial charge in [0, 0.05) is 19.4 Å². The molecule has 3 aliphatic heterocycles. The molecule has 0 bridgehead atoms. The van der Waals surface area contributed by atoms with Gasteiger partial charge in [0.2, 0.25) is 11.5 Å². The van der Waals surface area contributed by atoms with Gasteiger partial charge in [0.25, 0.3) is 0 Å². The van der Waals surface area contributed by atoms with Crippen molar-refractivity contribution in [3.05, 3.63) is 12.2 Å². The number of nitrogens with zero attached hydrogens (tertiary/aromatic N) is 1. The van der Waals surface area contributed by atoms with E-state index in [4.69, 9.17) is 0 Å². The standard InChI is InChI=1S/C23H31N3O6S/c1-12(3-2-8-33-9-10-33)11-26-16-13-14(19(29)22(32)21(31)17(13)27)18(28)20(30)15(16)25-23(26)4-6-24-7-5-23/h2-3,12,24-25,27-33H,4-11H2,1H3/b3-2+. The van der Waals surface area contributed by atoms with E-state index in [1.54, 1.807) is 0 Å². The van der Waals surface area contributed by atoms with E-state index in [1.165, 1.54) is 11.5 Å². The first-order valence-electron chi connectivity index (χ1n) is 11.3. The van der Waals surface area contributed by atoms with Crippen LogP contribution in [0.5, 0.6) is 34.5 Å². The quantitative estimate of drug-likeness (QED) is 0.104. The number of hydrogen-bond acceptors (Lipinski definition) is 9. The molecule has 5 rings (SSSR count). The first-order valence-corrected chi connectivity index (χ1v) is 13.2. The highest BCUT2D eigenvalue weighted by Gasteiger charge is 2.48. The molecular weight excluding hydrogens is 446 g/mol. The van der Waals surface area contributed by atoms with Crippen molar-refractivity contribution in [2.24, 2.45) is 5.92 Å². The normalized spacial score (nSPS) is 21.0. The molecule has 9 nitrogen and oxygen atoms in total. The van der Waals surface area contributed by atoms with Gasteiger partial charge in [-0.05, 0) is 36.3 Å². The second-order valence-electron chi connectivity index (χ2n) is 9.29. The monoisotopic (exact) mass is 477 g/mol. The molecule has 0 radical (unpaired) electrons. The molecule has 1 spiro atoms. The lowest BCUT2D eigenvalue weighted by molar-refractivity contribution is 0.325. The number of hydrogen-bond donors (Lipinski definition) is 9. The third-order valence-corrected chi connectivity index (χ3v) is 8.79. The van der Waals surface area contributed by atoms with E-state index in [9.17, 15) is 30.6 Å². The van der Waals surface area contributed by atoms with E-state index < -0.39 is 40.2 Å². The van der Waals surface area contributed by atoms with Crippen molar-refractivity contribution in [3.63, 3.8) is 0 Å². The SMILES string of the molecule is CC(/C=C/C[SH]1CC1)CN1c2c(c(O)c(O)c3c(O)c(O)c(O)c(O)c23)NC12CCNCC2. The van der Waals surface area contributed by atoms with Crippen LogP contribution in [0.1, 0.15) is 19.8 Å². The van der Waals surface area contributed by atoms with Crippen LogP contribution in [0.25, 0.3) is 10.8 Å². The number of anilines is 2. The minimum Gasteiger partial charge on any atom is -0.504 e. The molecule has 1 atom stereocenters. The van der Waals surface area contributed by atoms with E-state index in [2.05, 4.69) is 34.6 Å². The highest BCUT2D eigenvalue weighted by Crippen LogP contribution is 2.62. The van der Waals surface area contributed by atoms with Crippen molar-refractivity contribution in [3.8, 4) is 34.5 Å². The van der Waals surface area contributed by atoms with Crippen molar-refractivity contribution in [1.82, 2.24) is 5.32 Å². The lowest BCUT2D eigenvalue weighted by atomic mass is 9.95. The van der Waals surface area contributed by atoms with E-state index >= 15 is 0 Å². The van der Waals surface area contributed by atoms with Gasteiger partial charge in [0.05, 0.1) is 16.5 Å². The molecule has 2 aromatic carbocycles. The Morgan fingerprint density at radius 3 is 2.15 bits per heavy atom. The van der Waals surface area contributed by atoms with Crippen molar-refractivity contribution >= 4 is 33.0 Å². The van der Waals surface area contributed by atoms with Crippen molar-refractivity contribution < 1.29 is 30.6 Å². The summed E-state index contributed by atoms with van der Waals surface area (Å²) < 4.78 is 0. The minimum atomic E-state index is -0.956. The second-order valence-corrected chi connectivity index (χ2v) is 11.9. The lowest BCUT2D eigenvalue weighted by Crippen LogP contribution is -2.57. The molecule has 0 aromatic heterocycles. The summed E-state index contributed by atoms with van der Waals surface area (Å²) in [6, 6.07) is 0. The van der Waals surface area contributed by atoms with Gasteiger partial charge in [0.15, 0.2) is 23.0 Å². The zero-order chi connectivity index (χ0) is 23.5. The summed E-state index contributed by atoms with van der Waals surface area (Å²) in [6.45, 7) is 4.13. The predicted molar refractivity (Wildman–Crippen MR) is 132 cm³/mol. The number of aromatic hydroxyl groups is 6. The van der Waals surface area contributed by atoms with Crippen LogP contribution in [0.3, 0.4) is 0 Å². The maximum absolute atomic E-state index is 10.9. The van der Waals surface area contributed by atoms with Gasteiger partial charge in [-0.1, -0.05) is 19.1 Å². The van der Waals surface area contributed by atoms with Crippen molar-refractivity contribution in [1.29, 1.82) is 0 Å². The highest BCUT2D eigenvalue weighted by atomic mass is 32.2. The number of thiol groups is 1. The number of nitrogens with one attached hydrogen (secondary N) is 2. The molecule has 10 heteroatoms. The third-order valence-electron chi connectivity index (χ3n) is 6.98. The Morgan fingerprint density at radius 2 is 1.52 bits per heavy atom. The summed E-state index contributed by atoms with van der Waals surface area (Å²) in [5.41, 5.74) is 0.0424. The van der Waals surface area contributed by atoms with Crippen molar-refractivity contribution in [2.45, 2.75) is 25.4 Å². The first kappa shape index (κ1) is 22.0. The van der Waals surface area contributed by atoms with Crippen LogP contribution in [0, 0.1) is 5.92 Å². The van der Waals surface area contributed by atoms with Crippen LogP contribution in [-0.2, 0) is 0 Å². The maximum Gasteiger partial charge on any atom is 0.205 e. The average Bonchev–Trinajstić information content (AvgIpc) is 3.58. The summed E-state index contributed by atoms with van der Waals surface area (Å²) in [5.74, 6) is -0.480. The Bertz CT molecular complexity index is 1140. The molecule has 1 unspecified atom stereocenters. The molecule has 180 valence electrons. The Morgan fingerprint density at radius 1 is 0.909 bits per heavy atom. The van der Waals surface area contributed by atoms with Gasteiger partial charge < -0.3 is 46.2 Å². The van der Waals surface area contributed by atoms with Gasteiger partial charge in [-0.2, -0.15) is 0 Å². The third kappa shape index (κ3) is 3.43. The van der Waals surface area contributed by atoms with Crippen LogP contribution in [0.2, 0.25) is 0 Å². The minimum absolute atomic E-state index is 0.0198. The topological polar surface area (TPSA) is 149 Å². The summed E-state index contributed by atoms with van der Waals surface area (Å²) in [6.07, 6.45) is 5.82. The van der Waals surface area contributed by atoms with Crippen molar-refractivity contribution in [2.75, 3.05) is 47.1 Å². The number of piperidine rings is 1. The zero-order valence-electron chi connectivity index (χ0n) is 18.5. The van der Waals surface area contributed by atoms with Gasteiger partial charge in [-0.25, -0.2) is 10.9 Å². The molecule has 3 aliphatic rings. The molecule has 2 fully saturated rings. The summed E-state index contributed by atoms with van der Waals surface area (Å²) in [7, 11) is 0.202. The van der Waals surface area contributed by atoms with Crippen LogP contribution >= 0.6 is 10.9 Å². The lowest BCUT2D eigenvalue weighted by Gasteiger charge is -2.44. The zero-order valence-corrected chi connectivity index (χ0v) is 19.4. The van der Waals surface area contributed by atoms with Gasteiger partial charge in [0.1, 0.15) is 11.4 Å². The number of phenols is 6. The number of rotatable bonds is 5. The van der Waals surface area contributed by atoms with Crippen LogP contribution < -0.4 is 15.5 Å². The molecule has 2 aromatic rings. The van der Waals surface area contributed by atoms with E-state index in [0.29, 0.717) is 25.1 Å². The average molecular weight is 478 g/mol. The Hall–Kier alpha value is -2.85. The highest BCUT2D eigenvalue weighted by molar-refractivity contribution is 8.23. The Labute approximate surface area is 194 Å². The molecule has 0 saturated carbocycles. The fraction of sp³-hybridized carbons (Fsp3) is 0.478. The predicted octanol–water partition coefficient (Wildman–Crippen LogP) is 2.59. The summed E-state index contributed by atoms with van der Waals surface area (Å²) >= 11 is 0. The summed E-state index contributed by atoms with van der Waals surface area (Å²) in [4.78, 5) is 2.07. The molecule has 0 amide bonds. The molecule has 0 aliphatic carbocycles.